The average molecular weight is 324 g/mol. The van der Waals surface area contributed by atoms with Crippen molar-refractivity contribution in [3.05, 3.63) is 48.5 Å². The van der Waals surface area contributed by atoms with Gasteiger partial charge in [-0.15, -0.1) is 0 Å². The van der Waals surface area contributed by atoms with Gasteiger partial charge in [-0.1, -0.05) is 13.8 Å². The van der Waals surface area contributed by atoms with Crippen molar-refractivity contribution < 1.29 is 4.79 Å². The molecule has 0 saturated carbocycles. The van der Waals surface area contributed by atoms with Crippen LogP contribution in [0.3, 0.4) is 0 Å². The molecule has 1 N–H and O–H groups in total. The van der Waals surface area contributed by atoms with Crippen LogP contribution in [0.25, 0.3) is 5.65 Å². The first-order chi connectivity index (χ1) is 11.6. The van der Waals surface area contributed by atoms with E-state index in [1.54, 1.807) is 29.3 Å². The molecule has 0 atom stereocenters. The van der Waals surface area contributed by atoms with Crippen molar-refractivity contribution in [2.24, 2.45) is 5.92 Å². The van der Waals surface area contributed by atoms with Gasteiger partial charge in [0.1, 0.15) is 11.4 Å². The fourth-order valence-electron chi connectivity index (χ4n) is 2.28. The molecule has 3 heterocycles. The number of hydrogen-bond acceptors (Lipinski definition) is 5. The quantitative estimate of drug-likeness (QED) is 0.779. The van der Waals surface area contributed by atoms with Gasteiger partial charge >= 0.3 is 0 Å². The highest BCUT2D eigenvalue weighted by Gasteiger charge is 2.16. The Bertz CT molecular complexity index is 843. The molecule has 0 fully saturated rings. The lowest BCUT2D eigenvalue weighted by Crippen LogP contribution is -2.27. The monoisotopic (exact) mass is 324 g/mol. The Morgan fingerprint density at radius 2 is 2.17 bits per heavy atom. The van der Waals surface area contributed by atoms with Crippen molar-refractivity contribution in [2.75, 3.05) is 18.5 Å². The van der Waals surface area contributed by atoms with E-state index in [2.05, 4.69) is 34.2 Å². The predicted molar refractivity (Wildman–Crippen MR) is 92.5 cm³/mol. The first kappa shape index (κ1) is 15.9. The maximum atomic E-state index is 12.3. The topological polar surface area (TPSA) is 75.4 Å². The molecule has 0 aromatic carbocycles. The smallest absolute Gasteiger partial charge is 0.256 e. The van der Waals surface area contributed by atoms with E-state index in [0.29, 0.717) is 29.5 Å². The molecule has 3 rings (SSSR count). The standard InChI is InChI=1S/C17H20N6O/c1-12(2)9-19-17(24)14-11-20-23-8-6-15(21-16(14)23)22(3)13-5-4-7-18-10-13/h4-8,10-12H,9H2,1-3H3,(H,19,24). The number of pyridine rings is 1. The van der Waals surface area contributed by atoms with E-state index in [1.165, 1.54) is 0 Å². The van der Waals surface area contributed by atoms with Crippen molar-refractivity contribution in [1.29, 1.82) is 0 Å². The van der Waals surface area contributed by atoms with E-state index < -0.39 is 0 Å². The van der Waals surface area contributed by atoms with Crippen molar-refractivity contribution in [2.45, 2.75) is 13.8 Å². The molecule has 0 spiro atoms. The highest BCUT2D eigenvalue weighted by molar-refractivity contribution is 5.99. The van der Waals surface area contributed by atoms with Gasteiger partial charge in [0.05, 0.1) is 18.1 Å². The molecule has 0 unspecified atom stereocenters. The summed E-state index contributed by atoms with van der Waals surface area (Å²) in [5, 5.41) is 7.10. The third kappa shape index (κ3) is 3.19. The number of nitrogens with zero attached hydrogens (tertiary/aromatic N) is 5. The van der Waals surface area contributed by atoms with Gasteiger partial charge in [-0.25, -0.2) is 9.50 Å². The van der Waals surface area contributed by atoms with Gasteiger partial charge < -0.3 is 10.2 Å². The summed E-state index contributed by atoms with van der Waals surface area (Å²) in [6.45, 7) is 4.72. The van der Waals surface area contributed by atoms with Crippen molar-refractivity contribution in [3.8, 4) is 0 Å². The Morgan fingerprint density at radius 1 is 1.33 bits per heavy atom. The molecule has 3 aromatic heterocycles. The lowest BCUT2D eigenvalue weighted by Gasteiger charge is -2.17. The van der Waals surface area contributed by atoms with Crippen LogP contribution >= 0.6 is 0 Å². The lowest BCUT2D eigenvalue weighted by molar-refractivity contribution is 0.0950. The van der Waals surface area contributed by atoms with Crippen molar-refractivity contribution in [3.63, 3.8) is 0 Å². The van der Waals surface area contributed by atoms with E-state index in [4.69, 9.17) is 0 Å². The zero-order valence-electron chi connectivity index (χ0n) is 14.0. The van der Waals surface area contributed by atoms with Gasteiger partial charge in [0.2, 0.25) is 0 Å². The summed E-state index contributed by atoms with van der Waals surface area (Å²) in [6.07, 6.45) is 6.83. The number of hydrogen-bond donors (Lipinski definition) is 1. The van der Waals surface area contributed by atoms with Crippen LogP contribution in [0.15, 0.2) is 43.0 Å². The number of carbonyl (C=O) groups is 1. The molecule has 7 heteroatoms. The van der Waals surface area contributed by atoms with Gasteiger partial charge in [0.15, 0.2) is 5.65 Å². The number of fused-ring (bicyclic) bond motifs is 1. The Morgan fingerprint density at radius 3 is 2.88 bits per heavy atom. The molecule has 0 aliphatic rings. The third-order valence-electron chi connectivity index (χ3n) is 3.65. The van der Waals surface area contributed by atoms with E-state index in [1.807, 2.05) is 30.1 Å². The van der Waals surface area contributed by atoms with Crippen LogP contribution < -0.4 is 10.2 Å². The van der Waals surface area contributed by atoms with Crippen LogP contribution in [0, 0.1) is 5.92 Å². The van der Waals surface area contributed by atoms with E-state index >= 15 is 0 Å². The maximum Gasteiger partial charge on any atom is 0.256 e. The van der Waals surface area contributed by atoms with Crippen LogP contribution in [0.5, 0.6) is 0 Å². The molecular formula is C17H20N6O. The zero-order chi connectivity index (χ0) is 17.1. The fourth-order valence-corrected chi connectivity index (χ4v) is 2.28. The highest BCUT2D eigenvalue weighted by Crippen LogP contribution is 2.21. The first-order valence-electron chi connectivity index (χ1n) is 7.82. The summed E-state index contributed by atoms with van der Waals surface area (Å²) >= 11 is 0. The minimum absolute atomic E-state index is 0.160. The molecule has 24 heavy (non-hydrogen) atoms. The molecule has 0 saturated heterocycles. The van der Waals surface area contributed by atoms with Crippen molar-refractivity contribution >= 4 is 23.1 Å². The maximum absolute atomic E-state index is 12.3. The second-order valence-electron chi connectivity index (χ2n) is 5.99. The summed E-state index contributed by atoms with van der Waals surface area (Å²) in [5.74, 6) is 0.942. The molecular weight excluding hydrogens is 304 g/mol. The Labute approximate surface area is 140 Å². The minimum atomic E-state index is -0.160. The van der Waals surface area contributed by atoms with Crippen LogP contribution in [0.4, 0.5) is 11.5 Å². The molecule has 3 aromatic rings. The third-order valence-corrected chi connectivity index (χ3v) is 3.65. The number of amides is 1. The molecule has 0 radical (unpaired) electrons. The van der Waals surface area contributed by atoms with Gasteiger partial charge in [-0.05, 0) is 24.1 Å². The average Bonchev–Trinajstić information content (AvgIpc) is 3.03. The number of anilines is 2. The lowest BCUT2D eigenvalue weighted by atomic mass is 10.2. The number of carbonyl (C=O) groups excluding carboxylic acids is 1. The largest absolute Gasteiger partial charge is 0.352 e. The highest BCUT2D eigenvalue weighted by atomic mass is 16.1. The molecule has 7 nitrogen and oxygen atoms in total. The summed E-state index contributed by atoms with van der Waals surface area (Å²) in [6, 6.07) is 5.67. The van der Waals surface area contributed by atoms with Gasteiger partial charge in [-0.2, -0.15) is 5.10 Å². The fraction of sp³-hybridized carbons (Fsp3) is 0.294. The van der Waals surface area contributed by atoms with Crippen LogP contribution in [-0.4, -0.2) is 39.1 Å². The number of aromatic nitrogens is 4. The predicted octanol–water partition coefficient (Wildman–Crippen LogP) is 2.28. The van der Waals surface area contributed by atoms with Crippen molar-refractivity contribution in [1.82, 2.24) is 24.9 Å². The molecule has 1 amide bonds. The zero-order valence-corrected chi connectivity index (χ0v) is 14.0. The van der Waals surface area contributed by atoms with E-state index in [-0.39, 0.29) is 5.91 Å². The van der Waals surface area contributed by atoms with Gasteiger partial charge in [-0.3, -0.25) is 9.78 Å². The normalized spacial score (nSPS) is 11.0. The van der Waals surface area contributed by atoms with E-state index in [9.17, 15) is 4.79 Å². The van der Waals surface area contributed by atoms with Crippen LogP contribution in [0.2, 0.25) is 0 Å². The summed E-state index contributed by atoms with van der Waals surface area (Å²) in [7, 11) is 1.91. The summed E-state index contributed by atoms with van der Waals surface area (Å²) in [4.78, 5) is 23.0. The van der Waals surface area contributed by atoms with E-state index in [0.717, 1.165) is 5.69 Å². The number of rotatable bonds is 5. The molecule has 0 bridgehead atoms. The Kier molecular flexibility index (Phi) is 4.41. The Hall–Kier alpha value is -2.96. The summed E-state index contributed by atoms with van der Waals surface area (Å²) in [5.41, 5.74) is 1.92. The number of nitrogens with one attached hydrogen (secondary N) is 1. The molecule has 0 aliphatic carbocycles. The summed E-state index contributed by atoms with van der Waals surface area (Å²) < 4.78 is 1.60. The first-order valence-corrected chi connectivity index (χ1v) is 7.82. The Balaban J connectivity index is 1.92. The van der Waals surface area contributed by atoms with Crippen LogP contribution in [0.1, 0.15) is 24.2 Å². The molecule has 0 aliphatic heterocycles. The van der Waals surface area contributed by atoms with Crippen LogP contribution in [-0.2, 0) is 0 Å². The second kappa shape index (κ2) is 6.66. The van der Waals surface area contributed by atoms with Gasteiger partial charge in [0.25, 0.3) is 5.91 Å². The molecule has 124 valence electrons. The SMILES string of the molecule is CC(C)CNC(=O)c1cnn2ccc(N(C)c3cccnc3)nc12. The van der Waals surface area contributed by atoms with Gasteiger partial charge in [0, 0.05) is 26.0 Å². The minimum Gasteiger partial charge on any atom is -0.352 e. The second-order valence-corrected chi connectivity index (χ2v) is 5.99.